The molecule has 2 heterocycles. The fourth-order valence-electron chi connectivity index (χ4n) is 4.43. The largest absolute Gasteiger partial charge is 0.494 e. The lowest BCUT2D eigenvalue weighted by Crippen LogP contribution is -2.54. The van der Waals surface area contributed by atoms with Crippen LogP contribution in [0.5, 0.6) is 5.75 Å². The van der Waals surface area contributed by atoms with Gasteiger partial charge in [-0.2, -0.15) is 0 Å². The molecule has 0 radical (unpaired) electrons. The number of benzene rings is 3. The van der Waals surface area contributed by atoms with Crippen molar-refractivity contribution in [1.29, 1.82) is 0 Å². The predicted octanol–water partition coefficient (Wildman–Crippen LogP) is 5.25. The van der Waals surface area contributed by atoms with E-state index in [0.717, 1.165) is 31.4 Å². The number of para-hydroxylation sites is 1. The minimum atomic E-state index is -1.34. The molecule has 1 aliphatic rings. The summed E-state index contributed by atoms with van der Waals surface area (Å²) in [4.78, 5) is 4.62. The third kappa shape index (κ3) is 5.96. The molecule has 0 unspecified atom stereocenters. The van der Waals surface area contributed by atoms with Crippen molar-refractivity contribution in [2.24, 2.45) is 0 Å². The zero-order valence-electron chi connectivity index (χ0n) is 20.2. The van der Waals surface area contributed by atoms with Crippen molar-refractivity contribution in [3.63, 3.8) is 0 Å². The molecule has 0 aliphatic carbocycles. The maximum absolute atomic E-state index is 10.8. The molecule has 0 saturated carbocycles. The van der Waals surface area contributed by atoms with Crippen molar-refractivity contribution in [3.05, 3.63) is 88.4 Å². The second kappa shape index (κ2) is 11.7. The van der Waals surface area contributed by atoms with Gasteiger partial charge in [-0.3, -0.25) is 0 Å². The maximum atomic E-state index is 10.8. The van der Waals surface area contributed by atoms with Crippen molar-refractivity contribution >= 4 is 44.9 Å². The van der Waals surface area contributed by atoms with E-state index in [0.29, 0.717) is 29.4 Å². The van der Waals surface area contributed by atoms with Gasteiger partial charge in [-0.15, -0.1) is 11.3 Å². The number of aromatic nitrogens is 1. The first kappa shape index (κ1) is 26.4. The van der Waals surface area contributed by atoms with Crippen LogP contribution < -0.4 is 4.74 Å². The number of aliphatic hydroxyl groups excluding tert-OH is 3. The smallest absolute Gasteiger partial charge is 0.151 e. The van der Waals surface area contributed by atoms with Gasteiger partial charge >= 0.3 is 0 Å². The molecule has 37 heavy (non-hydrogen) atoms. The van der Waals surface area contributed by atoms with Crippen molar-refractivity contribution < 1.29 is 24.8 Å². The molecule has 6 nitrogen and oxygen atoms in total. The van der Waals surface area contributed by atoms with Crippen LogP contribution in [0.1, 0.15) is 29.7 Å². The summed E-state index contributed by atoms with van der Waals surface area (Å²) in [6.07, 6.45) is -4.75. The first-order valence-corrected chi connectivity index (χ1v) is 14.3. The van der Waals surface area contributed by atoms with E-state index in [2.05, 4.69) is 4.98 Å². The Morgan fingerprint density at radius 2 is 1.78 bits per heavy atom. The summed E-state index contributed by atoms with van der Waals surface area (Å²) in [6.45, 7) is 2.55. The summed E-state index contributed by atoms with van der Waals surface area (Å²) in [6, 6.07) is 21.2. The average molecular weight is 558 g/mol. The highest BCUT2D eigenvalue weighted by Gasteiger charge is 2.44. The Morgan fingerprint density at radius 3 is 2.54 bits per heavy atom. The van der Waals surface area contributed by atoms with Gasteiger partial charge in [0.25, 0.3) is 0 Å². The Labute approximate surface area is 228 Å². The zero-order chi connectivity index (χ0) is 25.9. The third-order valence-corrected chi connectivity index (χ3v) is 9.02. The van der Waals surface area contributed by atoms with Crippen LogP contribution in [0.15, 0.2) is 71.1 Å². The van der Waals surface area contributed by atoms with Crippen LogP contribution in [0.25, 0.3) is 10.2 Å². The van der Waals surface area contributed by atoms with Crippen LogP contribution in [-0.2, 0) is 11.2 Å². The van der Waals surface area contributed by atoms with Gasteiger partial charge in [-0.05, 0) is 60.4 Å². The quantitative estimate of drug-likeness (QED) is 0.255. The number of rotatable bonds is 8. The highest BCUT2D eigenvalue weighted by Crippen LogP contribution is 2.37. The van der Waals surface area contributed by atoms with E-state index in [1.807, 2.05) is 61.5 Å². The van der Waals surface area contributed by atoms with Crippen LogP contribution in [0.4, 0.5) is 0 Å². The standard InChI is InChI=1S/C28H28ClNO5S2/c1-2-34-19-10-7-16(8-11-19)13-18-14-17(9-12-20(18)29)27-26(33)25(32)24(31)22(35-27)15-36-28-30-21-5-3-4-6-23(21)37-28/h3-12,14,22,24-27,31-33H,2,13,15H2,1H3/t22-,24-,25+,26-,27+/m1/s1. The third-order valence-electron chi connectivity index (χ3n) is 6.38. The molecular formula is C28H28ClNO5S2. The van der Waals surface area contributed by atoms with Crippen molar-refractivity contribution in [2.75, 3.05) is 12.4 Å². The van der Waals surface area contributed by atoms with Crippen molar-refractivity contribution in [2.45, 2.75) is 48.2 Å². The molecule has 9 heteroatoms. The average Bonchev–Trinajstić information content (AvgIpc) is 3.33. The predicted molar refractivity (Wildman–Crippen MR) is 148 cm³/mol. The van der Waals surface area contributed by atoms with E-state index in [1.165, 1.54) is 11.8 Å². The van der Waals surface area contributed by atoms with E-state index >= 15 is 0 Å². The lowest BCUT2D eigenvalue weighted by molar-refractivity contribution is -0.218. The first-order chi connectivity index (χ1) is 17.9. The normalized spacial score (nSPS) is 23.9. The highest BCUT2D eigenvalue weighted by atomic mass is 35.5. The van der Waals surface area contributed by atoms with Gasteiger partial charge in [0.05, 0.1) is 22.9 Å². The van der Waals surface area contributed by atoms with Gasteiger partial charge in [0, 0.05) is 10.8 Å². The summed E-state index contributed by atoms with van der Waals surface area (Å²) >= 11 is 9.55. The summed E-state index contributed by atoms with van der Waals surface area (Å²) in [5.41, 5.74) is 3.56. The van der Waals surface area contributed by atoms with Gasteiger partial charge in [0.15, 0.2) is 4.34 Å². The van der Waals surface area contributed by atoms with Gasteiger partial charge < -0.3 is 24.8 Å². The van der Waals surface area contributed by atoms with Gasteiger partial charge in [-0.1, -0.05) is 59.8 Å². The van der Waals surface area contributed by atoms with E-state index in [-0.39, 0.29) is 0 Å². The number of hydrogen-bond donors (Lipinski definition) is 3. The number of nitrogens with zero attached hydrogens (tertiary/aromatic N) is 1. The summed E-state index contributed by atoms with van der Waals surface area (Å²) < 4.78 is 13.7. The SMILES string of the molecule is CCOc1ccc(Cc2cc([C@@H]3O[C@H](CSc4nc5ccccc5s4)[C@@H](O)[C@H](O)[C@H]3O)ccc2Cl)cc1. The molecule has 0 amide bonds. The van der Waals surface area contributed by atoms with Crippen molar-refractivity contribution in [1.82, 2.24) is 4.98 Å². The van der Waals surface area contributed by atoms with E-state index < -0.39 is 30.5 Å². The fourth-order valence-corrected chi connectivity index (χ4v) is 6.76. The molecule has 3 N–H and O–H groups in total. The molecule has 1 fully saturated rings. The molecule has 5 rings (SSSR count). The molecule has 0 bridgehead atoms. The zero-order valence-corrected chi connectivity index (χ0v) is 22.5. The molecule has 1 aromatic heterocycles. The van der Waals surface area contributed by atoms with Crippen LogP contribution in [-0.4, -0.2) is 57.1 Å². The second-order valence-corrected chi connectivity index (χ2v) is 11.6. The Kier molecular flexibility index (Phi) is 8.36. The molecular weight excluding hydrogens is 530 g/mol. The highest BCUT2D eigenvalue weighted by molar-refractivity contribution is 8.01. The van der Waals surface area contributed by atoms with E-state index in [9.17, 15) is 15.3 Å². The Hall–Kier alpha value is -2.17. The summed E-state index contributed by atoms with van der Waals surface area (Å²) in [5.74, 6) is 1.19. The number of aliphatic hydroxyl groups is 3. The maximum Gasteiger partial charge on any atom is 0.151 e. The van der Waals surface area contributed by atoms with Crippen LogP contribution >= 0.6 is 34.7 Å². The molecule has 0 spiro atoms. The van der Waals surface area contributed by atoms with Crippen molar-refractivity contribution in [3.8, 4) is 5.75 Å². The number of thioether (sulfide) groups is 1. The second-order valence-electron chi connectivity index (χ2n) is 8.93. The van der Waals surface area contributed by atoms with E-state index in [1.54, 1.807) is 23.5 Å². The minimum absolute atomic E-state index is 0.383. The molecule has 4 aromatic rings. The Bertz CT molecular complexity index is 1320. The number of fused-ring (bicyclic) bond motifs is 1. The molecule has 5 atom stereocenters. The summed E-state index contributed by atoms with van der Waals surface area (Å²) in [7, 11) is 0. The van der Waals surface area contributed by atoms with Gasteiger partial charge in [0.1, 0.15) is 30.2 Å². The fraction of sp³-hybridized carbons (Fsp3) is 0.321. The Balaban J connectivity index is 1.32. The summed E-state index contributed by atoms with van der Waals surface area (Å²) in [5, 5.41) is 32.7. The number of ether oxygens (including phenoxy) is 2. The monoisotopic (exact) mass is 557 g/mol. The van der Waals surface area contributed by atoms with Crippen LogP contribution in [0.2, 0.25) is 5.02 Å². The van der Waals surface area contributed by atoms with Gasteiger partial charge in [-0.25, -0.2) is 4.98 Å². The molecule has 3 aromatic carbocycles. The number of hydrogen-bond acceptors (Lipinski definition) is 8. The van der Waals surface area contributed by atoms with Crippen LogP contribution in [0.3, 0.4) is 0 Å². The lowest BCUT2D eigenvalue weighted by Gasteiger charge is -2.41. The first-order valence-electron chi connectivity index (χ1n) is 12.1. The lowest BCUT2D eigenvalue weighted by atomic mass is 9.90. The molecule has 1 aliphatic heterocycles. The topological polar surface area (TPSA) is 92.0 Å². The van der Waals surface area contributed by atoms with Gasteiger partial charge in [0.2, 0.25) is 0 Å². The number of halogens is 1. The van der Waals surface area contributed by atoms with E-state index in [4.69, 9.17) is 21.1 Å². The molecule has 1 saturated heterocycles. The molecule has 194 valence electrons. The van der Waals surface area contributed by atoms with Crippen LogP contribution in [0, 0.1) is 0 Å². The Morgan fingerprint density at radius 1 is 1.00 bits per heavy atom. The number of thiazole rings is 1. The minimum Gasteiger partial charge on any atom is -0.494 e.